The summed E-state index contributed by atoms with van der Waals surface area (Å²) in [5, 5.41) is 8.95. The Hall–Kier alpha value is -1.42. The molecule has 1 aromatic heterocycles. The van der Waals surface area contributed by atoms with Gasteiger partial charge in [-0.15, -0.1) is 0 Å². The van der Waals surface area contributed by atoms with Crippen LogP contribution in [0.2, 0.25) is 0 Å². The summed E-state index contributed by atoms with van der Waals surface area (Å²) in [6, 6.07) is 3.60. The number of carbonyl (C=O) groups is 1. The minimum Gasteiger partial charge on any atom is -0.481 e. The molecule has 0 aliphatic carbocycles. The van der Waals surface area contributed by atoms with E-state index in [-0.39, 0.29) is 6.10 Å². The van der Waals surface area contributed by atoms with Crippen molar-refractivity contribution in [3.63, 3.8) is 0 Å². The van der Waals surface area contributed by atoms with E-state index in [4.69, 9.17) is 9.84 Å². The number of aliphatic carboxylic acids is 1. The molecule has 4 nitrogen and oxygen atoms in total. The molecule has 2 rings (SSSR count). The number of nitrogens with zero attached hydrogens (tertiary/aromatic N) is 1. The van der Waals surface area contributed by atoms with Crippen molar-refractivity contribution in [1.82, 2.24) is 4.98 Å². The Morgan fingerprint density at radius 2 is 2.21 bits per heavy atom. The summed E-state index contributed by atoms with van der Waals surface area (Å²) in [5.74, 6) is -1.21. The van der Waals surface area contributed by atoms with Gasteiger partial charge in [-0.25, -0.2) is 0 Å². The first-order valence-electron chi connectivity index (χ1n) is 4.53. The molecule has 0 aromatic carbocycles. The normalized spacial score (nSPS) is 26.3. The molecule has 14 heavy (non-hydrogen) atoms. The predicted octanol–water partition coefficient (Wildman–Crippen LogP) is 1.24. The summed E-state index contributed by atoms with van der Waals surface area (Å²) in [6.07, 6.45) is 3.57. The molecule has 2 heterocycles. The Balaban J connectivity index is 2.22. The van der Waals surface area contributed by atoms with Crippen molar-refractivity contribution in [3.8, 4) is 0 Å². The third-order valence-corrected chi connectivity index (χ3v) is 2.44. The number of pyridine rings is 1. The molecule has 0 saturated carbocycles. The summed E-state index contributed by atoms with van der Waals surface area (Å²) >= 11 is 0. The molecular weight excluding hydrogens is 182 g/mol. The molecule has 74 valence electrons. The molecule has 0 amide bonds. The van der Waals surface area contributed by atoms with E-state index in [0.29, 0.717) is 13.0 Å². The van der Waals surface area contributed by atoms with Gasteiger partial charge in [0.15, 0.2) is 0 Å². The zero-order valence-corrected chi connectivity index (χ0v) is 7.59. The van der Waals surface area contributed by atoms with Gasteiger partial charge in [0.2, 0.25) is 0 Å². The fraction of sp³-hybridized carbons (Fsp3) is 0.400. The van der Waals surface area contributed by atoms with Gasteiger partial charge in [-0.1, -0.05) is 0 Å². The lowest BCUT2D eigenvalue weighted by atomic mass is 9.96. The van der Waals surface area contributed by atoms with Crippen LogP contribution in [0.4, 0.5) is 0 Å². The fourth-order valence-corrected chi connectivity index (χ4v) is 1.72. The van der Waals surface area contributed by atoms with Crippen LogP contribution in [-0.2, 0) is 9.53 Å². The third-order valence-electron chi connectivity index (χ3n) is 2.44. The molecule has 1 aliphatic heterocycles. The number of rotatable bonds is 2. The zero-order chi connectivity index (χ0) is 9.97. The maximum Gasteiger partial charge on any atom is 0.309 e. The van der Waals surface area contributed by atoms with Crippen molar-refractivity contribution >= 4 is 5.97 Å². The highest BCUT2D eigenvalue weighted by Gasteiger charge is 2.34. The molecule has 0 unspecified atom stereocenters. The van der Waals surface area contributed by atoms with E-state index in [1.807, 2.05) is 0 Å². The smallest absolute Gasteiger partial charge is 0.309 e. The Kier molecular flexibility index (Phi) is 2.45. The van der Waals surface area contributed by atoms with Crippen molar-refractivity contribution in [2.24, 2.45) is 5.92 Å². The van der Waals surface area contributed by atoms with Crippen molar-refractivity contribution in [1.29, 1.82) is 0 Å². The van der Waals surface area contributed by atoms with Crippen molar-refractivity contribution in [3.05, 3.63) is 30.1 Å². The van der Waals surface area contributed by atoms with Gasteiger partial charge in [0, 0.05) is 19.0 Å². The number of aromatic nitrogens is 1. The maximum atomic E-state index is 10.9. The summed E-state index contributed by atoms with van der Waals surface area (Å²) in [7, 11) is 0. The van der Waals surface area contributed by atoms with Crippen LogP contribution in [-0.4, -0.2) is 22.7 Å². The van der Waals surface area contributed by atoms with Crippen LogP contribution in [0.1, 0.15) is 18.1 Å². The second kappa shape index (κ2) is 3.75. The van der Waals surface area contributed by atoms with Crippen LogP contribution in [0.25, 0.3) is 0 Å². The molecular formula is C10H11NO3. The first-order valence-corrected chi connectivity index (χ1v) is 4.53. The molecule has 0 spiro atoms. The molecule has 1 aromatic rings. The summed E-state index contributed by atoms with van der Waals surface area (Å²) in [5.41, 5.74) is 0.893. The average molecular weight is 193 g/mol. The number of hydrogen-bond donors (Lipinski definition) is 1. The second-order valence-corrected chi connectivity index (χ2v) is 3.31. The van der Waals surface area contributed by atoms with Gasteiger partial charge in [0.1, 0.15) is 0 Å². The van der Waals surface area contributed by atoms with Crippen LogP contribution in [0.3, 0.4) is 0 Å². The van der Waals surface area contributed by atoms with E-state index < -0.39 is 11.9 Å². The molecule has 0 radical (unpaired) electrons. The lowest BCUT2D eigenvalue weighted by Crippen LogP contribution is -2.17. The van der Waals surface area contributed by atoms with E-state index in [1.54, 1.807) is 24.5 Å². The Morgan fingerprint density at radius 3 is 2.86 bits per heavy atom. The van der Waals surface area contributed by atoms with E-state index in [1.165, 1.54) is 0 Å². The number of carboxylic acids is 1. The molecule has 4 heteroatoms. The third kappa shape index (κ3) is 1.61. The largest absolute Gasteiger partial charge is 0.481 e. The highest BCUT2D eigenvalue weighted by atomic mass is 16.5. The van der Waals surface area contributed by atoms with Crippen LogP contribution >= 0.6 is 0 Å². The first kappa shape index (κ1) is 9.15. The van der Waals surface area contributed by atoms with E-state index in [2.05, 4.69) is 4.98 Å². The molecule has 0 bridgehead atoms. The lowest BCUT2D eigenvalue weighted by Gasteiger charge is -2.14. The zero-order valence-electron chi connectivity index (χ0n) is 7.59. The number of ether oxygens (including phenoxy) is 1. The SMILES string of the molecule is O=C(O)[C@H]1CCO[C@@H]1c1ccncc1. The molecule has 1 saturated heterocycles. The Bertz CT molecular complexity index is 325. The van der Waals surface area contributed by atoms with Crippen LogP contribution in [0.15, 0.2) is 24.5 Å². The minimum absolute atomic E-state index is 0.310. The van der Waals surface area contributed by atoms with Gasteiger partial charge in [-0.05, 0) is 24.1 Å². The maximum absolute atomic E-state index is 10.9. The molecule has 1 fully saturated rings. The quantitative estimate of drug-likeness (QED) is 0.767. The fourth-order valence-electron chi connectivity index (χ4n) is 1.72. The monoisotopic (exact) mass is 193 g/mol. The standard InChI is InChI=1S/C10H11NO3/c12-10(13)8-3-6-14-9(8)7-1-4-11-5-2-7/h1-2,4-5,8-9H,3,6H2,(H,12,13)/t8-,9+/m0/s1. The second-order valence-electron chi connectivity index (χ2n) is 3.31. The first-order chi connectivity index (χ1) is 6.79. The van der Waals surface area contributed by atoms with Gasteiger partial charge in [-0.2, -0.15) is 0 Å². The van der Waals surface area contributed by atoms with Crippen molar-refractivity contribution < 1.29 is 14.6 Å². The summed E-state index contributed by atoms with van der Waals surface area (Å²) in [6.45, 7) is 0.518. The van der Waals surface area contributed by atoms with Gasteiger partial charge >= 0.3 is 5.97 Å². The van der Waals surface area contributed by atoms with Crippen LogP contribution in [0, 0.1) is 5.92 Å². The number of hydrogen-bond acceptors (Lipinski definition) is 3. The van der Waals surface area contributed by atoms with Gasteiger partial charge in [0.05, 0.1) is 12.0 Å². The topological polar surface area (TPSA) is 59.4 Å². The Labute approximate surface area is 81.5 Å². The van der Waals surface area contributed by atoms with Crippen LogP contribution in [0.5, 0.6) is 0 Å². The Morgan fingerprint density at radius 1 is 1.50 bits per heavy atom. The van der Waals surface area contributed by atoms with Crippen molar-refractivity contribution in [2.45, 2.75) is 12.5 Å². The van der Waals surface area contributed by atoms with E-state index >= 15 is 0 Å². The highest BCUT2D eigenvalue weighted by molar-refractivity contribution is 5.71. The highest BCUT2D eigenvalue weighted by Crippen LogP contribution is 2.34. The van der Waals surface area contributed by atoms with E-state index in [0.717, 1.165) is 5.56 Å². The average Bonchev–Trinajstić information content (AvgIpc) is 2.67. The van der Waals surface area contributed by atoms with E-state index in [9.17, 15) is 4.79 Å². The van der Waals surface area contributed by atoms with Gasteiger partial charge in [-0.3, -0.25) is 9.78 Å². The summed E-state index contributed by atoms with van der Waals surface area (Å²) < 4.78 is 5.40. The lowest BCUT2D eigenvalue weighted by molar-refractivity contribution is -0.143. The molecule has 1 aliphatic rings. The van der Waals surface area contributed by atoms with Gasteiger partial charge < -0.3 is 9.84 Å². The predicted molar refractivity (Wildman–Crippen MR) is 48.7 cm³/mol. The number of carboxylic acid groups (broad SMARTS) is 1. The molecule has 1 N–H and O–H groups in total. The van der Waals surface area contributed by atoms with Gasteiger partial charge in [0.25, 0.3) is 0 Å². The minimum atomic E-state index is -0.788. The van der Waals surface area contributed by atoms with Crippen LogP contribution < -0.4 is 0 Å². The molecule has 2 atom stereocenters. The van der Waals surface area contributed by atoms with Crippen molar-refractivity contribution in [2.75, 3.05) is 6.61 Å². The summed E-state index contributed by atoms with van der Waals surface area (Å²) in [4.78, 5) is 14.8.